The van der Waals surface area contributed by atoms with Gasteiger partial charge in [0.05, 0.1) is 14.2 Å². The summed E-state index contributed by atoms with van der Waals surface area (Å²) < 4.78 is 10.1. The van der Waals surface area contributed by atoms with Crippen molar-refractivity contribution in [2.24, 2.45) is 5.41 Å². The number of ether oxygens (including phenoxy) is 2. The van der Waals surface area contributed by atoms with Crippen LogP contribution >= 0.6 is 15.9 Å². The van der Waals surface area contributed by atoms with E-state index in [4.69, 9.17) is 9.47 Å². The summed E-state index contributed by atoms with van der Waals surface area (Å²) >= 11 is 3.20. The number of rotatable bonds is 10. The molecule has 0 aromatic heterocycles. The second kappa shape index (κ2) is 12.0. The van der Waals surface area contributed by atoms with Crippen LogP contribution in [0.25, 0.3) is 0 Å². The van der Waals surface area contributed by atoms with E-state index in [1.807, 2.05) is 6.08 Å². The molecule has 0 heterocycles. The van der Waals surface area contributed by atoms with Crippen LogP contribution in [0, 0.1) is 17.3 Å². The van der Waals surface area contributed by atoms with Crippen molar-refractivity contribution >= 4 is 27.9 Å². The van der Waals surface area contributed by atoms with Gasteiger partial charge in [-0.3, -0.25) is 9.59 Å². The van der Waals surface area contributed by atoms with Crippen LogP contribution in [0.3, 0.4) is 0 Å². The fourth-order valence-corrected chi connectivity index (χ4v) is 2.61. The number of esters is 2. The molecule has 4 nitrogen and oxygen atoms in total. The van der Waals surface area contributed by atoms with Gasteiger partial charge in [-0.05, 0) is 23.7 Å². The highest BCUT2D eigenvalue weighted by molar-refractivity contribution is 9.11. The van der Waals surface area contributed by atoms with Gasteiger partial charge in [-0.2, -0.15) is 0 Å². The van der Waals surface area contributed by atoms with E-state index in [9.17, 15) is 9.59 Å². The summed E-state index contributed by atoms with van der Waals surface area (Å²) in [5.74, 6) is 4.61. The highest BCUT2D eigenvalue weighted by Crippen LogP contribution is 2.34. The van der Waals surface area contributed by atoms with Gasteiger partial charge in [0, 0.05) is 19.3 Å². The molecule has 0 atom stereocenters. The first-order valence-corrected chi connectivity index (χ1v) is 8.30. The minimum atomic E-state index is -1.47. The van der Waals surface area contributed by atoms with Crippen molar-refractivity contribution in [3.63, 3.8) is 0 Å². The molecule has 0 aromatic rings. The summed E-state index contributed by atoms with van der Waals surface area (Å²) in [6.07, 6.45) is 6.93. The zero-order valence-corrected chi connectivity index (χ0v) is 15.5. The SMILES string of the molecule is C=CCCCCCC#CCC(CC(=C)Br)(C(=O)OC)C(=O)OC. The summed E-state index contributed by atoms with van der Waals surface area (Å²) in [5, 5.41) is 0. The molecular weight excluding hydrogens is 360 g/mol. The first-order chi connectivity index (χ1) is 10.9. The Labute approximate surface area is 147 Å². The molecule has 0 aromatic carbocycles. The maximum atomic E-state index is 12.1. The lowest BCUT2D eigenvalue weighted by Gasteiger charge is -2.25. The van der Waals surface area contributed by atoms with Crippen molar-refractivity contribution in [3.05, 3.63) is 23.7 Å². The molecule has 0 radical (unpaired) electrons. The molecule has 0 aliphatic carbocycles. The fraction of sp³-hybridized carbons (Fsp3) is 0.556. The Morgan fingerprint density at radius 3 is 2.22 bits per heavy atom. The molecule has 0 spiro atoms. The number of methoxy groups -OCH3 is 2. The third kappa shape index (κ3) is 7.51. The van der Waals surface area contributed by atoms with Crippen LogP contribution in [0.2, 0.25) is 0 Å². The molecule has 5 heteroatoms. The van der Waals surface area contributed by atoms with Crippen molar-refractivity contribution in [1.29, 1.82) is 0 Å². The molecule has 0 N–H and O–H groups in total. The average molecular weight is 385 g/mol. The normalized spacial score (nSPS) is 10.2. The number of hydrogen-bond donors (Lipinski definition) is 0. The van der Waals surface area contributed by atoms with E-state index in [0.29, 0.717) is 4.48 Å². The minimum absolute atomic E-state index is 0.0453. The van der Waals surface area contributed by atoms with Crippen molar-refractivity contribution in [2.45, 2.75) is 44.9 Å². The largest absolute Gasteiger partial charge is 0.468 e. The molecule has 23 heavy (non-hydrogen) atoms. The summed E-state index contributed by atoms with van der Waals surface area (Å²) in [4.78, 5) is 24.3. The van der Waals surface area contributed by atoms with Gasteiger partial charge in [0.25, 0.3) is 0 Å². The molecular formula is C18H25BrO4. The van der Waals surface area contributed by atoms with Gasteiger partial charge >= 0.3 is 11.9 Å². The van der Waals surface area contributed by atoms with Crippen LogP contribution in [0.1, 0.15) is 44.9 Å². The second-order valence-electron chi connectivity index (χ2n) is 5.18. The second-order valence-corrected chi connectivity index (χ2v) is 6.30. The number of allylic oxidation sites excluding steroid dienone is 2. The Bertz CT molecular complexity index is 469. The smallest absolute Gasteiger partial charge is 0.324 e. The average Bonchev–Trinajstić information content (AvgIpc) is 2.54. The molecule has 0 aliphatic heterocycles. The van der Waals surface area contributed by atoms with Gasteiger partial charge in [0.2, 0.25) is 0 Å². The predicted molar refractivity (Wildman–Crippen MR) is 94.8 cm³/mol. The topological polar surface area (TPSA) is 52.6 Å². The van der Waals surface area contributed by atoms with E-state index in [1.54, 1.807) is 0 Å². The van der Waals surface area contributed by atoms with Crippen molar-refractivity contribution in [1.82, 2.24) is 0 Å². The van der Waals surface area contributed by atoms with Gasteiger partial charge in [-0.15, -0.1) is 18.4 Å². The lowest BCUT2D eigenvalue weighted by molar-refractivity contribution is -0.168. The molecule has 0 saturated heterocycles. The lowest BCUT2D eigenvalue weighted by Crippen LogP contribution is -2.41. The Kier molecular flexibility index (Phi) is 11.2. The first kappa shape index (κ1) is 21.5. The standard InChI is InChI=1S/C18H25BrO4/c1-5-6-7-8-9-10-11-12-13-18(14-15(2)19,16(20)22-3)17(21)23-4/h5H,1-2,6-10,13-14H2,3-4H3. The Morgan fingerprint density at radius 1 is 1.13 bits per heavy atom. The van der Waals surface area contributed by atoms with E-state index < -0.39 is 17.4 Å². The Morgan fingerprint density at radius 2 is 1.74 bits per heavy atom. The first-order valence-electron chi connectivity index (χ1n) is 7.51. The molecule has 128 valence electrons. The number of carbonyl (C=O) groups excluding carboxylic acids is 2. The Balaban J connectivity index is 4.89. The van der Waals surface area contributed by atoms with Crippen LogP contribution in [-0.2, 0) is 19.1 Å². The molecule has 0 bridgehead atoms. The highest BCUT2D eigenvalue weighted by Gasteiger charge is 2.48. The molecule has 0 fully saturated rings. The summed E-state index contributed by atoms with van der Waals surface area (Å²) in [6, 6.07) is 0. The van der Waals surface area contributed by atoms with Crippen LogP contribution in [0.4, 0.5) is 0 Å². The molecule has 0 saturated carbocycles. The molecule has 0 rings (SSSR count). The summed E-state index contributed by atoms with van der Waals surface area (Å²) in [7, 11) is 2.48. The number of unbranched alkanes of at least 4 members (excludes halogenated alkanes) is 4. The van der Waals surface area contributed by atoms with Gasteiger partial charge < -0.3 is 9.47 Å². The zero-order chi connectivity index (χ0) is 17.7. The third-order valence-corrected chi connectivity index (χ3v) is 3.65. The maximum Gasteiger partial charge on any atom is 0.324 e. The van der Waals surface area contributed by atoms with Crippen molar-refractivity contribution in [2.75, 3.05) is 14.2 Å². The van der Waals surface area contributed by atoms with Gasteiger partial charge in [-0.1, -0.05) is 35.0 Å². The summed E-state index contributed by atoms with van der Waals surface area (Å²) in [5.41, 5.74) is -1.47. The zero-order valence-electron chi connectivity index (χ0n) is 14.0. The van der Waals surface area contributed by atoms with E-state index >= 15 is 0 Å². The van der Waals surface area contributed by atoms with Crippen molar-refractivity contribution < 1.29 is 19.1 Å². The summed E-state index contributed by atoms with van der Waals surface area (Å²) in [6.45, 7) is 7.39. The number of carbonyl (C=O) groups is 2. The lowest BCUT2D eigenvalue weighted by atomic mass is 9.81. The van der Waals surface area contributed by atoms with Crippen molar-refractivity contribution in [3.8, 4) is 11.8 Å². The predicted octanol–water partition coefficient (Wildman–Crippen LogP) is 4.15. The van der Waals surface area contributed by atoms with Crippen LogP contribution in [0.15, 0.2) is 23.7 Å². The fourth-order valence-electron chi connectivity index (χ4n) is 2.13. The van der Waals surface area contributed by atoms with E-state index in [0.717, 1.165) is 32.1 Å². The van der Waals surface area contributed by atoms with Gasteiger partial charge in [0.15, 0.2) is 5.41 Å². The van der Waals surface area contributed by atoms with Crippen LogP contribution in [0.5, 0.6) is 0 Å². The number of halogens is 1. The van der Waals surface area contributed by atoms with E-state index in [1.165, 1.54) is 14.2 Å². The molecule has 0 amide bonds. The monoisotopic (exact) mass is 384 g/mol. The van der Waals surface area contributed by atoms with E-state index in [2.05, 4.69) is 40.9 Å². The van der Waals surface area contributed by atoms with Crippen LogP contribution < -0.4 is 0 Å². The third-order valence-electron chi connectivity index (χ3n) is 3.37. The van der Waals surface area contributed by atoms with Gasteiger partial charge in [0.1, 0.15) is 0 Å². The Hall–Kier alpha value is -1.54. The number of hydrogen-bond acceptors (Lipinski definition) is 4. The maximum absolute atomic E-state index is 12.1. The van der Waals surface area contributed by atoms with E-state index in [-0.39, 0.29) is 12.8 Å². The molecule has 0 unspecified atom stereocenters. The molecule has 0 aliphatic rings. The van der Waals surface area contributed by atoms with Gasteiger partial charge in [-0.25, -0.2) is 0 Å². The highest BCUT2D eigenvalue weighted by atomic mass is 79.9. The quantitative estimate of drug-likeness (QED) is 0.186. The van der Waals surface area contributed by atoms with Crippen LogP contribution in [-0.4, -0.2) is 26.2 Å². The minimum Gasteiger partial charge on any atom is -0.468 e.